The van der Waals surface area contributed by atoms with Crippen molar-refractivity contribution in [2.75, 3.05) is 26.7 Å². The second kappa shape index (κ2) is 8.73. The number of benzene rings is 1. The number of amides is 2. The van der Waals surface area contributed by atoms with E-state index in [1.807, 2.05) is 6.07 Å². The quantitative estimate of drug-likeness (QED) is 0.755. The second-order valence-electron chi connectivity index (χ2n) is 4.42. The Balaban J connectivity index is 2.33. The minimum Gasteiger partial charge on any atom is -0.466 e. The summed E-state index contributed by atoms with van der Waals surface area (Å²) in [6.07, 6.45) is 0.142. The van der Waals surface area contributed by atoms with Gasteiger partial charge in [-0.05, 0) is 19.1 Å². The van der Waals surface area contributed by atoms with Gasteiger partial charge in [-0.2, -0.15) is 0 Å². The summed E-state index contributed by atoms with van der Waals surface area (Å²) >= 11 is 0. The molecule has 0 spiro atoms. The summed E-state index contributed by atoms with van der Waals surface area (Å²) < 4.78 is 4.78. The van der Waals surface area contributed by atoms with Crippen molar-refractivity contribution < 1.29 is 19.1 Å². The van der Waals surface area contributed by atoms with Crippen molar-refractivity contribution in [1.82, 2.24) is 10.2 Å². The van der Waals surface area contributed by atoms with Gasteiger partial charge in [0.25, 0.3) is 5.91 Å². The van der Waals surface area contributed by atoms with Crippen LogP contribution in [0.3, 0.4) is 0 Å². The Bertz CT molecular complexity index is 488. The van der Waals surface area contributed by atoms with Gasteiger partial charge < -0.3 is 15.0 Å². The Labute approximate surface area is 124 Å². The SMILES string of the molecule is CCOC(=O)CCN(C)C(=O)CNC(=O)c1ccccc1. The lowest BCUT2D eigenvalue weighted by molar-refractivity contribution is -0.143. The molecule has 0 saturated carbocycles. The lowest BCUT2D eigenvalue weighted by Crippen LogP contribution is -2.39. The number of hydrogen-bond acceptors (Lipinski definition) is 4. The molecule has 0 atom stereocenters. The normalized spacial score (nSPS) is 9.81. The van der Waals surface area contributed by atoms with Crippen LogP contribution in [-0.2, 0) is 14.3 Å². The Morgan fingerprint density at radius 1 is 1.19 bits per heavy atom. The maximum Gasteiger partial charge on any atom is 0.307 e. The summed E-state index contributed by atoms with van der Waals surface area (Å²) in [6.45, 7) is 2.21. The Hall–Kier alpha value is -2.37. The summed E-state index contributed by atoms with van der Waals surface area (Å²) in [5, 5.41) is 2.55. The molecule has 0 aliphatic rings. The van der Waals surface area contributed by atoms with Gasteiger partial charge in [0.15, 0.2) is 0 Å². The van der Waals surface area contributed by atoms with Crippen LogP contribution in [0.25, 0.3) is 0 Å². The van der Waals surface area contributed by atoms with Crippen LogP contribution in [0.5, 0.6) is 0 Å². The number of likely N-dealkylation sites (N-methyl/N-ethyl adjacent to an activating group) is 1. The van der Waals surface area contributed by atoms with E-state index in [0.29, 0.717) is 12.2 Å². The van der Waals surface area contributed by atoms with Crippen LogP contribution in [-0.4, -0.2) is 49.4 Å². The number of esters is 1. The molecule has 1 rings (SSSR count). The van der Waals surface area contributed by atoms with E-state index >= 15 is 0 Å². The highest BCUT2D eigenvalue weighted by molar-refractivity contribution is 5.96. The van der Waals surface area contributed by atoms with Crippen LogP contribution >= 0.6 is 0 Å². The summed E-state index contributed by atoms with van der Waals surface area (Å²) in [7, 11) is 1.58. The van der Waals surface area contributed by atoms with E-state index in [-0.39, 0.29) is 37.3 Å². The van der Waals surface area contributed by atoms with Crippen molar-refractivity contribution in [3.63, 3.8) is 0 Å². The van der Waals surface area contributed by atoms with E-state index < -0.39 is 0 Å². The summed E-state index contributed by atoms with van der Waals surface area (Å²) in [5.41, 5.74) is 0.500. The molecule has 0 radical (unpaired) electrons. The highest BCUT2D eigenvalue weighted by Gasteiger charge is 2.13. The van der Waals surface area contributed by atoms with Gasteiger partial charge in [-0.1, -0.05) is 18.2 Å². The molecule has 0 bridgehead atoms. The summed E-state index contributed by atoms with van der Waals surface area (Å²) in [4.78, 5) is 36.2. The Morgan fingerprint density at radius 3 is 2.48 bits per heavy atom. The van der Waals surface area contributed by atoms with Crippen molar-refractivity contribution in [2.45, 2.75) is 13.3 Å². The van der Waals surface area contributed by atoms with Gasteiger partial charge in [0, 0.05) is 19.2 Å². The summed E-state index contributed by atoms with van der Waals surface area (Å²) in [5.74, 6) is -0.906. The van der Waals surface area contributed by atoms with Crippen molar-refractivity contribution in [1.29, 1.82) is 0 Å². The van der Waals surface area contributed by atoms with Crippen molar-refractivity contribution >= 4 is 17.8 Å². The molecule has 0 unspecified atom stereocenters. The third kappa shape index (κ3) is 6.07. The molecular weight excluding hydrogens is 272 g/mol. The zero-order chi connectivity index (χ0) is 15.7. The van der Waals surface area contributed by atoms with Gasteiger partial charge in [0.05, 0.1) is 19.6 Å². The van der Waals surface area contributed by atoms with Gasteiger partial charge in [-0.3, -0.25) is 14.4 Å². The number of nitrogens with one attached hydrogen (secondary N) is 1. The molecule has 0 aliphatic carbocycles. The first-order valence-electron chi connectivity index (χ1n) is 6.77. The van der Waals surface area contributed by atoms with Gasteiger partial charge in [0.1, 0.15) is 0 Å². The zero-order valence-electron chi connectivity index (χ0n) is 12.3. The van der Waals surface area contributed by atoms with Crippen LogP contribution in [0.15, 0.2) is 30.3 Å². The number of carbonyl (C=O) groups excluding carboxylic acids is 3. The number of hydrogen-bond donors (Lipinski definition) is 1. The first kappa shape index (κ1) is 16.7. The fraction of sp³-hybridized carbons (Fsp3) is 0.400. The Morgan fingerprint density at radius 2 is 1.86 bits per heavy atom. The number of nitrogens with zero attached hydrogens (tertiary/aromatic N) is 1. The van der Waals surface area contributed by atoms with E-state index in [2.05, 4.69) is 5.32 Å². The molecule has 0 heterocycles. The predicted octanol–water partition coefficient (Wildman–Crippen LogP) is 0.828. The third-order valence-corrected chi connectivity index (χ3v) is 2.82. The second-order valence-corrected chi connectivity index (χ2v) is 4.42. The first-order valence-corrected chi connectivity index (χ1v) is 6.77. The monoisotopic (exact) mass is 292 g/mol. The van der Waals surface area contributed by atoms with Gasteiger partial charge in [-0.15, -0.1) is 0 Å². The molecule has 0 aromatic heterocycles. The molecule has 21 heavy (non-hydrogen) atoms. The van der Waals surface area contributed by atoms with Crippen LogP contribution in [0.4, 0.5) is 0 Å². The molecule has 1 N–H and O–H groups in total. The van der Waals surface area contributed by atoms with Gasteiger partial charge >= 0.3 is 5.97 Å². The van der Waals surface area contributed by atoms with Crippen molar-refractivity contribution in [3.8, 4) is 0 Å². The molecular formula is C15H20N2O4. The topological polar surface area (TPSA) is 75.7 Å². The highest BCUT2D eigenvalue weighted by atomic mass is 16.5. The highest BCUT2D eigenvalue weighted by Crippen LogP contribution is 1.98. The summed E-state index contributed by atoms with van der Waals surface area (Å²) in [6, 6.07) is 8.66. The van der Waals surface area contributed by atoms with E-state index in [4.69, 9.17) is 4.74 Å². The predicted molar refractivity (Wildman–Crippen MR) is 77.7 cm³/mol. The molecule has 1 aromatic rings. The smallest absolute Gasteiger partial charge is 0.307 e. The molecule has 114 valence electrons. The minimum atomic E-state index is -0.342. The largest absolute Gasteiger partial charge is 0.466 e. The zero-order valence-corrected chi connectivity index (χ0v) is 12.3. The maximum absolute atomic E-state index is 11.8. The average Bonchev–Trinajstić information content (AvgIpc) is 2.51. The van der Waals surface area contributed by atoms with E-state index in [1.165, 1.54) is 4.90 Å². The molecule has 0 aliphatic heterocycles. The fourth-order valence-electron chi connectivity index (χ4n) is 1.60. The number of rotatable bonds is 7. The number of carbonyl (C=O) groups is 3. The lowest BCUT2D eigenvalue weighted by atomic mass is 10.2. The lowest BCUT2D eigenvalue weighted by Gasteiger charge is -2.16. The first-order chi connectivity index (χ1) is 10.0. The Kier molecular flexibility index (Phi) is 6.94. The molecule has 0 saturated heterocycles. The molecule has 6 heteroatoms. The third-order valence-electron chi connectivity index (χ3n) is 2.82. The molecule has 0 fully saturated rings. The van der Waals surface area contributed by atoms with E-state index in [9.17, 15) is 14.4 Å². The van der Waals surface area contributed by atoms with Gasteiger partial charge in [-0.25, -0.2) is 0 Å². The maximum atomic E-state index is 11.8. The molecule has 2 amide bonds. The molecule has 1 aromatic carbocycles. The standard InChI is InChI=1S/C15H20N2O4/c1-3-21-14(19)9-10-17(2)13(18)11-16-15(20)12-7-5-4-6-8-12/h4-8H,3,9-11H2,1-2H3,(H,16,20). The average molecular weight is 292 g/mol. The van der Waals surface area contributed by atoms with Gasteiger partial charge in [0.2, 0.25) is 5.91 Å². The van der Waals surface area contributed by atoms with Crippen LogP contribution in [0, 0.1) is 0 Å². The van der Waals surface area contributed by atoms with Crippen molar-refractivity contribution in [3.05, 3.63) is 35.9 Å². The van der Waals surface area contributed by atoms with Crippen LogP contribution in [0.1, 0.15) is 23.7 Å². The molecule has 6 nitrogen and oxygen atoms in total. The number of ether oxygens (including phenoxy) is 1. The van der Waals surface area contributed by atoms with Crippen LogP contribution in [0.2, 0.25) is 0 Å². The van der Waals surface area contributed by atoms with Crippen LogP contribution < -0.4 is 5.32 Å². The van der Waals surface area contributed by atoms with E-state index in [0.717, 1.165) is 0 Å². The van der Waals surface area contributed by atoms with Crippen molar-refractivity contribution in [2.24, 2.45) is 0 Å². The minimum absolute atomic E-state index is 0.104. The van der Waals surface area contributed by atoms with E-state index in [1.54, 1.807) is 38.2 Å². The fourth-order valence-corrected chi connectivity index (χ4v) is 1.60.